The first-order chi connectivity index (χ1) is 10.1. The highest BCUT2D eigenvalue weighted by Gasteiger charge is 2.28. The van der Waals surface area contributed by atoms with Gasteiger partial charge < -0.3 is 5.32 Å². The molecule has 1 fully saturated rings. The first-order valence-electron chi connectivity index (χ1n) is 7.06. The number of piperidine rings is 1. The molecule has 0 aliphatic carbocycles. The Labute approximate surface area is 127 Å². The number of rotatable bonds is 2. The van der Waals surface area contributed by atoms with Gasteiger partial charge in [-0.05, 0) is 54.3 Å². The van der Waals surface area contributed by atoms with E-state index in [1.165, 1.54) is 18.2 Å². The molecule has 1 aliphatic heterocycles. The molecule has 2 unspecified atom stereocenters. The van der Waals surface area contributed by atoms with Crippen LogP contribution in [0.2, 0.25) is 5.02 Å². The molecule has 0 radical (unpaired) electrons. The summed E-state index contributed by atoms with van der Waals surface area (Å²) in [5, 5.41) is 3.50. The number of hydrogen-bond acceptors (Lipinski definition) is 1. The van der Waals surface area contributed by atoms with Crippen LogP contribution in [0.15, 0.2) is 42.5 Å². The zero-order chi connectivity index (χ0) is 14.8. The zero-order valence-corrected chi connectivity index (χ0v) is 12.2. The van der Waals surface area contributed by atoms with Crippen molar-refractivity contribution in [2.24, 2.45) is 0 Å². The maximum Gasteiger partial charge on any atom is 0.142 e. The van der Waals surface area contributed by atoms with Crippen molar-refractivity contribution in [1.29, 1.82) is 0 Å². The summed E-state index contributed by atoms with van der Waals surface area (Å²) in [6, 6.07) is 11.6. The van der Waals surface area contributed by atoms with Crippen LogP contribution in [0.4, 0.5) is 8.78 Å². The number of nitrogens with one attached hydrogen (secondary N) is 1. The van der Waals surface area contributed by atoms with Crippen molar-refractivity contribution in [3.63, 3.8) is 0 Å². The van der Waals surface area contributed by atoms with Gasteiger partial charge in [0.2, 0.25) is 0 Å². The van der Waals surface area contributed by atoms with Crippen molar-refractivity contribution < 1.29 is 8.78 Å². The van der Waals surface area contributed by atoms with Crippen molar-refractivity contribution in [3.8, 4) is 0 Å². The van der Waals surface area contributed by atoms with Gasteiger partial charge in [-0.3, -0.25) is 0 Å². The number of hydrogen-bond donors (Lipinski definition) is 1. The second-order valence-electron chi connectivity index (χ2n) is 5.43. The van der Waals surface area contributed by atoms with E-state index in [1.54, 1.807) is 6.07 Å². The molecule has 1 heterocycles. The molecule has 0 saturated carbocycles. The van der Waals surface area contributed by atoms with Gasteiger partial charge in [0.25, 0.3) is 0 Å². The average molecular weight is 308 g/mol. The molecule has 1 N–H and O–H groups in total. The number of halogens is 3. The molecule has 2 aromatic carbocycles. The second-order valence-corrected chi connectivity index (χ2v) is 5.84. The summed E-state index contributed by atoms with van der Waals surface area (Å²) in [5.41, 5.74) is 2.02. The van der Waals surface area contributed by atoms with Gasteiger partial charge in [-0.1, -0.05) is 29.8 Å². The Bertz CT molecular complexity index is 627. The molecule has 2 aromatic rings. The van der Waals surface area contributed by atoms with E-state index in [9.17, 15) is 8.78 Å². The molecule has 1 aliphatic rings. The van der Waals surface area contributed by atoms with Crippen LogP contribution in [0.5, 0.6) is 0 Å². The van der Waals surface area contributed by atoms with E-state index in [0.29, 0.717) is 0 Å². The summed E-state index contributed by atoms with van der Waals surface area (Å²) < 4.78 is 26.8. The van der Waals surface area contributed by atoms with E-state index in [-0.39, 0.29) is 28.5 Å². The number of benzene rings is 2. The summed E-state index contributed by atoms with van der Waals surface area (Å²) >= 11 is 5.76. The first kappa shape index (κ1) is 14.5. The molecule has 4 heteroatoms. The minimum Gasteiger partial charge on any atom is -0.316 e. The Morgan fingerprint density at radius 1 is 0.952 bits per heavy atom. The molecule has 0 amide bonds. The molecule has 0 spiro atoms. The second kappa shape index (κ2) is 6.12. The molecule has 3 rings (SSSR count). The third-order valence-corrected chi connectivity index (χ3v) is 4.46. The van der Waals surface area contributed by atoms with E-state index < -0.39 is 0 Å². The highest BCUT2D eigenvalue weighted by Crippen LogP contribution is 2.38. The summed E-state index contributed by atoms with van der Waals surface area (Å²) in [7, 11) is 0. The molecular weight excluding hydrogens is 292 g/mol. The van der Waals surface area contributed by atoms with E-state index in [2.05, 4.69) is 5.32 Å². The zero-order valence-electron chi connectivity index (χ0n) is 11.5. The summed E-state index contributed by atoms with van der Waals surface area (Å²) in [5.74, 6) is -0.203. The molecule has 1 nitrogen and oxygen atoms in total. The fourth-order valence-corrected chi connectivity index (χ4v) is 3.18. The average Bonchev–Trinajstić information content (AvgIpc) is 2.51. The van der Waals surface area contributed by atoms with Crippen molar-refractivity contribution in [2.75, 3.05) is 13.1 Å². The van der Waals surface area contributed by atoms with Crippen LogP contribution < -0.4 is 5.32 Å². The fourth-order valence-electron chi connectivity index (χ4n) is 3.06. The van der Waals surface area contributed by atoms with E-state index >= 15 is 0 Å². The molecule has 0 bridgehead atoms. The quantitative estimate of drug-likeness (QED) is 0.862. The molecule has 2 atom stereocenters. The largest absolute Gasteiger partial charge is 0.316 e. The van der Waals surface area contributed by atoms with Crippen LogP contribution in [-0.2, 0) is 0 Å². The lowest BCUT2D eigenvalue weighted by molar-refractivity contribution is 0.402. The Morgan fingerprint density at radius 2 is 1.67 bits per heavy atom. The van der Waals surface area contributed by atoms with Gasteiger partial charge in [-0.15, -0.1) is 0 Å². The maximum atomic E-state index is 13.7. The normalized spacial score (nSPS) is 22.2. The van der Waals surface area contributed by atoms with Crippen LogP contribution in [-0.4, -0.2) is 13.1 Å². The lowest BCUT2D eigenvalue weighted by atomic mass is 9.77. The highest BCUT2D eigenvalue weighted by atomic mass is 35.5. The Balaban J connectivity index is 1.94. The smallest absolute Gasteiger partial charge is 0.142 e. The van der Waals surface area contributed by atoms with Crippen molar-refractivity contribution in [2.45, 2.75) is 18.3 Å². The van der Waals surface area contributed by atoms with E-state index in [4.69, 9.17) is 11.6 Å². The molecule has 1 saturated heterocycles. The topological polar surface area (TPSA) is 12.0 Å². The van der Waals surface area contributed by atoms with Crippen LogP contribution >= 0.6 is 11.6 Å². The summed E-state index contributed by atoms with van der Waals surface area (Å²) in [6.07, 6.45) is 0.920. The predicted octanol–water partition coefficient (Wildman–Crippen LogP) is 4.48. The fraction of sp³-hybridized carbons (Fsp3) is 0.294. The van der Waals surface area contributed by atoms with Crippen molar-refractivity contribution in [3.05, 3.63) is 70.2 Å². The van der Waals surface area contributed by atoms with Gasteiger partial charge in [0.1, 0.15) is 11.6 Å². The van der Waals surface area contributed by atoms with Gasteiger partial charge in [-0.25, -0.2) is 8.78 Å². The van der Waals surface area contributed by atoms with Gasteiger partial charge in [0.15, 0.2) is 0 Å². The van der Waals surface area contributed by atoms with Crippen molar-refractivity contribution >= 4 is 11.6 Å². The third-order valence-electron chi connectivity index (χ3n) is 4.15. The lowest BCUT2D eigenvalue weighted by Crippen LogP contribution is -2.34. The van der Waals surface area contributed by atoms with Crippen LogP contribution in [0.3, 0.4) is 0 Å². The molecule has 110 valence electrons. The van der Waals surface area contributed by atoms with Crippen LogP contribution in [0, 0.1) is 11.6 Å². The highest BCUT2D eigenvalue weighted by molar-refractivity contribution is 6.30. The Kier molecular flexibility index (Phi) is 4.22. The predicted molar refractivity (Wildman–Crippen MR) is 80.8 cm³/mol. The van der Waals surface area contributed by atoms with Crippen LogP contribution in [0.25, 0.3) is 0 Å². The monoisotopic (exact) mass is 307 g/mol. The summed E-state index contributed by atoms with van der Waals surface area (Å²) in [6.45, 7) is 1.70. The van der Waals surface area contributed by atoms with Gasteiger partial charge in [0, 0.05) is 12.5 Å². The molecule has 21 heavy (non-hydrogen) atoms. The SMILES string of the molecule is Fc1ccc(C2CNCCC2c2ccc(Cl)c(F)c2)cc1. The Hall–Kier alpha value is -1.45. The summed E-state index contributed by atoms with van der Waals surface area (Å²) in [4.78, 5) is 0. The van der Waals surface area contributed by atoms with Gasteiger partial charge >= 0.3 is 0 Å². The lowest BCUT2D eigenvalue weighted by Gasteiger charge is -2.33. The molecular formula is C17H16ClF2N. The molecule has 0 aromatic heterocycles. The minimum absolute atomic E-state index is 0.144. The van der Waals surface area contributed by atoms with Gasteiger partial charge in [0.05, 0.1) is 5.02 Å². The van der Waals surface area contributed by atoms with Crippen molar-refractivity contribution in [1.82, 2.24) is 5.32 Å². The first-order valence-corrected chi connectivity index (χ1v) is 7.44. The Morgan fingerprint density at radius 3 is 2.38 bits per heavy atom. The minimum atomic E-state index is -0.384. The van der Waals surface area contributed by atoms with Crippen LogP contribution in [0.1, 0.15) is 29.4 Å². The van der Waals surface area contributed by atoms with E-state index in [0.717, 1.165) is 30.6 Å². The third kappa shape index (κ3) is 3.09. The maximum absolute atomic E-state index is 13.7. The van der Waals surface area contributed by atoms with Gasteiger partial charge in [-0.2, -0.15) is 0 Å². The standard InChI is InChI=1S/C17H16ClF2N/c18-16-6-3-12(9-17(16)20)14-7-8-21-10-15(14)11-1-4-13(19)5-2-11/h1-6,9,14-15,21H,7-8,10H2. The van der Waals surface area contributed by atoms with E-state index in [1.807, 2.05) is 18.2 Å².